The molecule has 0 radical (unpaired) electrons. The van der Waals surface area contributed by atoms with Crippen LogP contribution in [0, 0.1) is 0 Å². The number of carbonyl (C=O) groups is 2. The summed E-state index contributed by atoms with van der Waals surface area (Å²) in [5.41, 5.74) is 2.72. The molecular formula is C21H20N4O3. The summed E-state index contributed by atoms with van der Waals surface area (Å²) in [7, 11) is 0. The lowest BCUT2D eigenvalue weighted by atomic mass is 9.93. The van der Waals surface area contributed by atoms with E-state index in [4.69, 9.17) is 4.74 Å². The van der Waals surface area contributed by atoms with Crippen molar-refractivity contribution in [3.05, 3.63) is 72.1 Å². The smallest absolute Gasteiger partial charge is 0.313 e. The molecule has 7 heteroatoms. The Labute approximate surface area is 162 Å². The molecule has 0 fully saturated rings. The highest BCUT2D eigenvalue weighted by molar-refractivity contribution is 6.39. The number of aryl methyl sites for hydroxylation is 1. The Morgan fingerprint density at radius 2 is 1.75 bits per heavy atom. The summed E-state index contributed by atoms with van der Waals surface area (Å²) < 4.78 is 5.71. The van der Waals surface area contributed by atoms with Gasteiger partial charge in [-0.05, 0) is 61.2 Å². The van der Waals surface area contributed by atoms with Crippen LogP contribution < -0.4 is 15.4 Å². The molecule has 7 nitrogen and oxygen atoms in total. The molecule has 2 aromatic carbocycles. The van der Waals surface area contributed by atoms with Crippen LogP contribution in [0.1, 0.15) is 17.7 Å². The number of anilines is 1. The summed E-state index contributed by atoms with van der Waals surface area (Å²) in [4.78, 5) is 24.4. The van der Waals surface area contributed by atoms with Gasteiger partial charge in [-0.3, -0.25) is 14.7 Å². The van der Waals surface area contributed by atoms with Crippen molar-refractivity contribution in [3.63, 3.8) is 0 Å². The largest absolute Gasteiger partial charge is 0.457 e. The van der Waals surface area contributed by atoms with Crippen molar-refractivity contribution >= 4 is 17.5 Å². The Morgan fingerprint density at radius 1 is 1.00 bits per heavy atom. The molecule has 3 aromatic rings. The van der Waals surface area contributed by atoms with Crippen LogP contribution in [0.4, 0.5) is 5.69 Å². The molecule has 2 amide bonds. The van der Waals surface area contributed by atoms with Gasteiger partial charge in [0.15, 0.2) is 0 Å². The Kier molecular flexibility index (Phi) is 5.05. The molecule has 0 aliphatic heterocycles. The quantitative estimate of drug-likeness (QED) is 0.610. The lowest BCUT2D eigenvalue weighted by Crippen LogP contribution is -2.44. The van der Waals surface area contributed by atoms with E-state index in [2.05, 4.69) is 20.8 Å². The molecule has 0 unspecified atom stereocenters. The van der Waals surface area contributed by atoms with E-state index in [1.54, 1.807) is 30.5 Å². The van der Waals surface area contributed by atoms with Crippen molar-refractivity contribution in [3.8, 4) is 11.5 Å². The molecule has 1 aliphatic carbocycles. The van der Waals surface area contributed by atoms with Crippen LogP contribution in [0.25, 0.3) is 0 Å². The minimum atomic E-state index is -0.685. The minimum absolute atomic E-state index is 0.0648. The SMILES string of the molecule is O=C(Nc1ccc(Oc2ccccc2)cc1)C(=O)N[C@H]1CCc2[nH]ncc2C1. The van der Waals surface area contributed by atoms with Crippen molar-refractivity contribution in [1.82, 2.24) is 15.5 Å². The second-order valence-corrected chi connectivity index (χ2v) is 6.68. The Bertz CT molecular complexity index is 967. The van der Waals surface area contributed by atoms with Gasteiger partial charge in [-0.25, -0.2) is 0 Å². The monoisotopic (exact) mass is 376 g/mol. The van der Waals surface area contributed by atoms with E-state index >= 15 is 0 Å². The molecule has 4 rings (SSSR count). The summed E-state index contributed by atoms with van der Waals surface area (Å²) in [5.74, 6) is 0.0509. The zero-order valence-electron chi connectivity index (χ0n) is 15.1. The third-order valence-electron chi connectivity index (χ3n) is 4.65. The lowest BCUT2D eigenvalue weighted by Gasteiger charge is -2.22. The van der Waals surface area contributed by atoms with E-state index in [0.717, 1.165) is 29.8 Å². The van der Waals surface area contributed by atoms with Crippen LogP contribution in [-0.2, 0) is 22.4 Å². The highest BCUT2D eigenvalue weighted by Crippen LogP contribution is 2.23. The average Bonchev–Trinajstić information content (AvgIpc) is 3.18. The zero-order chi connectivity index (χ0) is 19.3. The van der Waals surface area contributed by atoms with Crippen LogP contribution >= 0.6 is 0 Å². The van der Waals surface area contributed by atoms with E-state index in [-0.39, 0.29) is 6.04 Å². The molecular weight excluding hydrogens is 356 g/mol. The molecule has 1 atom stereocenters. The Morgan fingerprint density at radius 3 is 2.54 bits per heavy atom. The maximum atomic E-state index is 12.2. The van der Waals surface area contributed by atoms with E-state index < -0.39 is 11.8 Å². The molecule has 1 aliphatic rings. The summed E-state index contributed by atoms with van der Waals surface area (Å²) in [6.45, 7) is 0. The topological polar surface area (TPSA) is 96.1 Å². The number of para-hydroxylation sites is 1. The number of hydrogen-bond donors (Lipinski definition) is 3. The van der Waals surface area contributed by atoms with Crippen LogP contribution in [0.5, 0.6) is 11.5 Å². The highest BCUT2D eigenvalue weighted by atomic mass is 16.5. The molecule has 142 valence electrons. The van der Waals surface area contributed by atoms with Crippen molar-refractivity contribution < 1.29 is 14.3 Å². The normalized spacial score (nSPS) is 15.4. The zero-order valence-corrected chi connectivity index (χ0v) is 15.1. The Balaban J connectivity index is 1.30. The maximum Gasteiger partial charge on any atom is 0.313 e. The van der Waals surface area contributed by atoms with Gasteiger partial charge in [-0.1, -0.05) is 18.2 Å². The third-order valence-corrected chi connectivity index (χ3v) is 4.65. The van der Waals surface area contributed by atoms with Crippen LogP contribution in [0.3, 0.4) is 0 Å². The van der Waals surface area contributed by atoms with Crippen molar-refractivity contribution in [1.29, 1.82) is 0 Å². The number of benzene rings is 2. The number of carbonyl (C=O) groups excluding carboxylic acids is 2. The van der Waals surface area contributed by atoms with Gasteiger partial charge in [0, 0.05) is 17.4 Å². The number of hydrogen-bond acceptors (Lipinski definition) is 4. The van der Waals surface area contributed by atoms with Crippen molar-refractivity contribution in [2.45, 2.75) is 25.3 Å². The first-order valence-corrected chi connectivity index (χ1v) is 9.13. The molecule has 1 heterocycles. The van der Waals surface area contributed by atoms with Crippen LogP contribution in [0.2, 0.25) is 0 Å². The lowest BCUT2D eigenvalue weighted by molar-refractivity contribution is -0.136. The van der Waals surface area contributed by atoms with Crippen molar-refractivity contribution in [2.24, 2.45) is 0 Å². The number of aromatic nitrogens is 2. The molecule has 0 saturated carbocycles. The van der Waals surface area contributed by atoms with Gasteiger partial charge in [-0.2, -0.15) is 5.10 Å². The fourth-order valence-electron chi connectivity index (χ4n) is 3.21. The number of nitrogens with zero attached hydrogens (tertiary/aromatic N) is 1. The van der Waals surface area contributed by atoms with E-state index in [1.807, 2.05) is 30.3 Å². The number of nitrogens with one attached hydrogen (secondary N) is 3. The number of H-pyrrole nitrogens is 1. The first-order chi connectivity index (χ1) is 13.7. The first kappa shape index (κ1) is 17.8. The molecule has 0 bridgehead atoms. The molecule has 3 N–H and O–H groups in total. The fourth-order valence-corrected chi connectivity index (χ4v) is 3.21. The fraction of sp³-hybridized carbons (Fsp3) is 0.190. The molecule has 0 saturated heterocycles. The molecule has 1 aromatic heterocycles. The number of fused-ring (bicyclic) bond motifs is 1. The second kappa shape index (κ2) is 7.96. The van der Waals surface area contributed by atoms with Gasteiger partial charge in [0.25, 0.3) is 0 Å². The van der Waals surface area contributed by atoms with Gasteiger partial charge in [0.05, 0.1) is 6.20 Å². The highest BCUT2D eigenvalue weighted by Gasteiger charge is 2.24. The van der Waals surface area contributed by atoms with Crippen molar-refractivity contribution in [2.75, 3.05) is 5.32 Å². The van der Waals surface area contributed by atoms with Gasteiger partial charge < -0.3 is 15.4 Å². The van der Waals surface area contributed by atoms with Gasteiger partial charge in [0.1, 0.15) is 11.5 Å². The summed E-state index contributed by atoms with van der Waals surface area (Å²) in [6.07, 6.45) is 4.04. The predicted molar refractivity (Wildman–Crippen MR) is 104 cm³/mol. The second-order valence-electron chi connectivity index (χ2n) is 6.68. The first-order valence-electron chi connectivity index (χ1n) is 9.13. The predicted octanol–water partition coefficient (Wildman–Crippen LogP) is 2.81. The minimum Gasteiger partial charge on any atom is -0.457 e. The number of rotatable bonds is 4. The van der Waals surface area contributed by atoms with E-state index in [1.165, 1.54) is 0 Å². The average molecular weight is 376 g/mol. The number of aromatic amines is 1. The Hall–Kier alpha value is -3.61. The summed E-state index contributed by atoms with van der Waals surface area (Å²) in [5, 5.41) is 12.4. The van der Waals surface area contributed by atoms with E-state index in [9.17, 15) is 9.59 Å². The van der Waals surface area contributed by atoms with Crippen LogP contribution in [-0.4, -0.2) is 28.1 Å². The van der Waals surface area contributed by atoms with E-state index in [0.29, 0.717) is 17.9 Å². The summed E-state index contributed by atoms with van der Waals surface area (Å²) in [6, 6.07) is 16.2. The molecule has 0 spiro atoms. The van der Waals surface area contributed by atoms with Gasteiger partial charge in [-0.15, -0.1) is 0 Å². The number of amides is 2. The van der Waals surface area contributed by atoms with Gasteiger partial charge in [0.2, 0.25) is 0 Å². The summed E-state index contributed by atoms with van der Waals surface area (Å²) >= 11 is 0. The maximum absolute atomic E-state index is 12.2. The van der Waals surface area contributed by atoms with Gasteiger partial charge >= 0.3 is 11.8 Å². The van der Waals surface area contributed by atoms with Crippen LogP contribution in [0.15, 0.2) is 60.8 Å². The third kappa shape index (κ3) is 4.20. The number of ether oxygens (including phenoxy) is 1. The standard InChI is InChI=1S/C21H20N4O3/c26-20(21(27)24-16-8-11-19-14(12-16)13-22-25-19)23-15-6-9-18(10-7-15)28-17-4-2-1-3-5-17/h1-7,9-10,13,16H,8,11-12H2,(H,22,25)(H,23,26)(H,24,27)/t16-/m0/s1. The molecule has 28 heavy (non-hydrogen) atoms.